The van der Waals surface area contributed by atoms with Gasteiger partial charge in [0.05, 0.1) is 11.7 Å². The number of carbonyl (C=O) groups is 1. The van der Waals surface area contributed by atoms with E-state index in [-0.39, 0.29) is 17.4 Å². The molecular formula is C19H27N3O. The number of rotatable bonds is 3. The maximum Gasteiger partial charge on any atom is 0.251 e. The summed E-state index contributed by atoms with van der Waals surface area (Å²) in [4.78, 5) is 12.5. The molecule has 0 saturated carbocycles. The summed E-state index contributed by atoms with van der Waals surface area (Å²) in [6.45, 7) is 12.5. The molecule has 1 aromatic carbocycles. The second-order valence-corrected chi connectivity index (χ2v) is 7.23. The number of nitrogens with one attached hydrogen (secondary N) is 1. The molecule has 0 unspecified atom stereocenters. The molecule has 0 radical (unpaired) electrons. The van der Waals surface area contributed by atoms with E-state index >= 15 is 0 Å². The molecule has 1 heterocycles. The standard InChI is InChI=1S/C19H27N3O/c1-12(17-13(2)21-22(7)14(17)3)20-18(23)15-8-10-16(11-9-15)19(4,5)6/h8-12H,1-7H3,(H,20,23)/t12-/m0/s1. The monoisotopic (exact) mass is 313 g/mol. The third-order valence-electron chi connectivity index (χ3n) is 4.36. The van der Waals surface area contributed by atoms with E-state index in [9.17, 15) is 4.79 Å². The van der Waals surface area contributed by atoms with Crippen LogP contribution in [-0.2, 0) is 12.5 Å². The second-order valence-electron chi connectivity index (χ2n) is 7.23. The maximum atomic E-state index is 12.5. The van der Waals surface area contributed by atoms with E-state index < -0.39 is 0 Å². The molecule has 0 aliphatic rings. The van der Waals surface area contributed by atoms with Crippen molar-refractivity contribution < 1.29 is 4.79 Å². The highest BCUT2D eigenvalue weighted by molar-refractivity contribution is 5.94. The number of nitrogens with zero attached hydrogens (tertiary/aromatic N) is 2. The zero-order valence-electron chi connectivity index (χ0n) is 15.2. The average Bonchev–Trinajstić information content (AvgIpc) is 2.71. The van der Waals surface area contributed by atoms with Crippen LogP contribution >= 0.6 is 0 Å². The summed E-state index contributed by atoms with van der Waals surface area (Å²) in [5.74, 6) is -0.0550. The molecule has 2 aromatic rings. The topological polar surface area (TPSA) is 46.9 Å². The average molecular weight is 313 g/mol. The molecule has 124 valence electrons. The lowest BCUT2D eigenvalue weighted by atomic mass is 9.86. The van der Waals surface area contributed by atoms with Crippen LogP contribution in [0.1, 0.15) is 66.6 Å². The predicted molar refractivity (Wildman–Crippen MR) is 93.7 cm³/mol. The molecule has 0 aliphatic carbocycles. The zero-order valence-corrected chi connectivity index (χ0v) is 15.2. The Bertz CT molecular complexity index is 705. The van der Waals surface area contributed by atoms with Crippen LogP contribution in [0.4, 0.5) is 0 Å². The molecule has 1 atom stereocenters. The Balaban J connectivity index is 2.15. The second kappa shape index (κ2) is 6.19. The molecule has 4 nitrogen and oxygen atoms in total. The van der Waals surface area contributed by atoms with Crippen molar-refractivity contribution in [3.63, 3.8) is 0 Å². The summed E-state index contributed by atoms with van der Waals surface area (Å²) in [5.41, 5.74) is 5.13. The number of aryl methyl sites for hydroxylation is 2. The van der Waals surface area contributed by atoms with Crippen LogP contribution in [0.15, 0.2) is 24.3 Å². The zero-order chi connectivity index (χ0) is 17.4. The van der Waals surface area contributed by atoms with E-state index in [1.807, 2.05) is 56.8 Å². The summed E-state index contributed by atoms with van der Waals surface area (Å²) in [5, 5.41) is 7.49. The highest BCUT2D eigenvalue weighted by Crippen LogP contribution is 2.23. The van der Waals surface area contributed by atoms with Crippen molar-refractivity contribution in [2.24, 2.45) is 7.05 Å². The third kappa shape index (κ3) is 3.63. The van der Waals surface area contributed by atoms with E-state index in [4.69, 9.17) is 0 Å². The lowest BCUT2D eigenvalue weighted by Crippen LogP contribution is -2.27. The summed E-state index contributed by atoms with van der Waals surface area (Å²) in [6, 6.07) is 7.77. The van der Waals surface area contributed by atoms with Crippen molar-refractivity contribution >= 4 is 5.91 Å². The minimum atomic E-state index is -0.0708. The van der Waals surface area contributed by atoms with Gasteiger partial charge in [-0.1, -0.05) is 32.9 Å². The lowest BCUT2D eigenvalue weighted by molar-refractivity contribution is 0.0939. The Kier molecular flexibility index (Phi) is 4.64. The number of hydrogen-bond donors (Lipinski definition) is 1. The van der Waals surface area contributed by atoms with Gasteiger partial charge in [-0.25, -0.2) is 0 Å². The van der Waals surface area contributed by atoms with Gasteiger partial charge in [0.2, 0.25) is 0 Å². The predicted octanol–water partition coefficient (Wildman–Crippen LogP) is 3.83. The van der Waals surface area contributed by atoms with Crippen LogP contribution in [0, 0.1) is 13.8 Å². The lowest BCUT2D eigenvalue weighted by Gasteiger charge is -2.19. The van der Waals surface area contributed by atoms with Gasteiger partial charge in [0.25, 0.3) is 5.91 Å². The van der Waals surface area contributed by atoms with Crippen LogP contribution < -0.4 is 5.32 Å². The van der Waals surface area contributed by atoms with Gasteiger partial charge in [-0.15, -0.1) is 0 Å². The first-order valence-electron chi connectivity index (χ1n) is 8.02. The van der Waals surface area contributed by atoms with Crippen LogP contribution in [0.25, 0.3) is 0 Å². The van der Waals surface area contributed by atoms with E-state index in [1.54, 1.807) is 0 Å². The van der Waals surface area contributed by atoms with Gasteiger partial charge in [-0.3, -0.25) is 9.48 Å². The van der Waals surface area contributed by atoms with Crippen molar-refractivity contribution in [3.8, 4) is 0 Å². The molecule has 0 spiro atoms. The first kappa shape index (κ1) is 17.3. The van der Waals surface area contributed by atoms with Gasteiger partial charge in [-0.2, -0.15) is 5.10 Å². The molecule has 1 N–H and O–H groups in total. The number of amides is 1. The molecule has 2 rings (SSSR count). The van der Waals surface area contributed by atoms with Crippen molar-refractivity contribution in [2.75, 3.05) is 0 Å². The van der Waals surface area contributed by atoms with E-state index in [1.165, 1.54) is 5.56 Å². The third-order valence-corrected chi connectivity index (χ3v) is 4.36. The number of aromatic nitrogens is 2. The Hall–Kier alpha value is -2.10. The Morgan fingerprint density at radius 2 is 1.74 bits per heavy atom. The van der Waals surface area contributed by atoms with Crippen molar-refractivity contribution in [3.05, 3.63) is 52.3 Å². The Morgan fingerprint density at radius 3 is 2.17 bits per heavy atom. The van der Waals surface area contributed by atoms with Gasteiger partial charge in [0.15, 0.2) is 0 Å². The normalized spacial score (nSPS) is 13.0. The molecule has 1 amide bonds. The molecule has 1 aromatic heterocycles. The first-order chi connectivity index (χ1) is 10.6. The van der Waals surface area contributed by atoms with Crippen LogP contribution in [-0.4, -0.2) is 15.7 Å². The highest BCUT2D eigenvalue weighted by atomic mass is 16.1. The van der Waals surface area contributed by atoms with E-state index in [0.717, 1.165) is 17.0 Å². The van der Waals surface area contributed by atoms with Crippen molar-refractivity contribution in [1.29, 1.82) is 0 Å². The van der Waals surface area contributed by atoms with Crippen LogP contribution in [0.2, 0.25) is 0 Å². The van der Waals surface area contributed by atoms with Gasteiger partial charge in [0, 0.05) is 23.9 Å². The Morgan fingerprint density at radius 1 is 1.17 bits per heavy atom. The summed E-state index contributed by atoms with van der Waals surface area (Å²) >= 11 is 0. The summed E-state index contributed by atoms with van der Waals surface area (Å²) in [6.07, 6.45) is 0. The first-order valence-corrected chi connectivity index (χ1v) is 8.02. The molecule has 4 heteroatoms. The van der Waals surface area contributed by atoms with Gasteiger partial charge in [-0.05, 0) is 43.9 Å². The van der Waals surface area contributed by atoms with E-state index in [0.29, 0.717) is 5.56 Å². The van der Waals surface area contributed by atoms with Crippen molar-refractivity contribution in [1.82, 2.24) is 15.1 Å². The Labute approximate surface area is 138 Å². The SMILES string of the molecule is Cc1nn(C)c(C)c1[C@H](C)NC(=O)c1ccc(C(C)(C)C)cc1. The molecule has 0 bridgehead atoms. The largest absolute Gasteiger partial charge is 0.345 e. The molecule has 0 fully saturated rings. The fourth-order valence-corrected chi connectivity index (χ4v) is 2.89. The highest BCUT2D eigenvalue weighted by Gasteiger charge is 2.19. The smallest absolute Gasteiger partial charge is 0.251 e. The molecule has 0 aliphatic heterocycles. The number of benzene rings is 1. The van der Waals surface area contributed by atoms with Crippen LogP contribution in [0.5, 0.6) is 0 Å². The van der Waals surface area contributed by atoms with Gasteiger partial charge >= 0.3 is 0 Å². The summed E-state index contributed by atoms with van der Waals surface area (Å²) in [7, 11) is 1.92. The van der Waals surface area contributed by atoms with Crippen molar-refractivity contribution in [2.45, 2.75) is 53.0 Å². The number of carbonyl (C=O) groups excluding carboxylic acids is 1. The van der Waals surface area contributed by atoms with E-state index in [2.05, 4.69) is 31.2 Å². The molecule has 0 saturated heterocycles. The van der Waals surface area contributed by atoms with Crippen LogP contribution in [0.3, 0.4) is 0 Å². The fourth-order valence-electron chi connectivity index (χ4n) is 2.89. The fraction of sp³-hybridized carbons (Fsp3) is 0.474. The maximum absolute atomic E-state index is 12.5. The quantitative estimate of drug-likeness (QED) is 0.936. The van der Waals surface area contributed by atoms with Gasteiger partial charge in [0.1, 0.15) is 0 Å². The number of hydrogen-bond acceptors (Lipinski definition) is 2. The molecular weight excluding hydrogens is 286 g/mol. The van der Waals surface area contributed by atoms with Gasteiger partial charge < -0.3 is 5.32 Å². The minimum Gasteiger partial charge on any atom is -0.345 e. The molecule has 23 heavy (non-hydrogen) atoms. The minimum absolute atomic E-state index is 0.0550. The summed E-state index contributed by atoms with van der Waals surface area (Å²) < 4.78 is 1.85.